The van der Waals surface area contributed by atoms with Gasteiger partial charge in [0.05, 0.1) is 0 Å². The van der Waals surface area contributed by atoms with Gasteiger partial charge in [-0.2, -0.15) is 0 Å². The van der Waals surface area contributed by atoms with Crippen LogP contribution in [0.25, 0.3) is 0 Å². The number of likely N-dealkylation sites (tertiary alicyclic amines) is 2. The summed E-state index contributed by atoms with van der Waals surface area (Å²) in [5.41, 5.74) is -0.576. The van der Waals surface area contributed by atoms with E-state index in [0.29, 0.717) is 5.92 Å². The molecule has 1 amide bonds. The normalized spacial score (nSPS) is 27.3. The number of rotatable bonds is 4. The van der Waals surface area contributed by atoms with Crippen molar-refractivity contribution in [2.75, 3.05) is 52.9 Å². The fourth-order valence-corrected chi connectivity index (χ4v) is 4.63. The summed E-state index contributed by atoms with van der Waals surface area (Å²) in [6, 6.07) is 0. The second-order valence-electron chi connectivity index (χ2n) is 8.19. The number of halogens is 2. The molecule has 0 aromatic rings. The molecular formula is C19H37Cl2N3O2. The minimum atomic E-state index is -0.576. The van der Waals surface area contributed by atoms with Gasteiger partial charge in [0.2, 0.25) is 0 Å². The zero-order valence-electron chi connectivity index (χ0n) is 16.4. The Balaban J connectivity index is 0.00000169. The summed E-state index contributed by atoms with van der Waals surface area (Å²) in [6.07, 6.45) is 6.65. The van der Waals surface area contributed by atoms with Crippen LogP contribution in [0.4, 0.5) is 0 Å². The van der Waals surface area contributed by atoms with E-state index in [1.54, 1.807) is 7.11 Å². The van der Waals surface area contributed by atoms with Gasteiger partial charge in [0, 0.05) is 26.7 Å². The van der Waals surface area contributed by atoms with Crippen LogP contribution in [0.5, 0.6) is 0 Å². The number of carbonyl (C=O) groups is 1. The predicted molar refractivity (Wildman–Crippen MR) is 110 cm³/mol. The molecule has 0 bridgehead atoms. The Bertz CT molecular complexity index is 425. The molecule has 26 heavy (non-hydrogen) atoms. The summed E-state index contributed by atoms with van der Waals surface area (Å²) < 4.78 is 5.75. The molecule has 3 fully saturated rings. The van der Waals surface area contributed by atoms with E-state index in [1.165, 1.54) is 32.4 Å². The lowest BCUT2D eigenvalue weighted by atomic mass is 9.88. The summed E-state index contributed by atoms with van der Waals surface area (Å²) >= 11 is 0. The Labute approximate surface area is 171 Å². The van der Waals surface area contributed by atoms with Crippen molar-refractivity contribution in [3.63, 3.8) is 0 Å². The quantitative estimate of drug-likeness (QED) is 0.774. The van der Waals surface area contributed by atoms with Gasteiger partial charge in [-0.1, -0.05) is 6.92 Å². The fraction of sp³-hybridized carbons (Fsp3) is 0.947. The lowest BCUT2D eigenvalue weighted by Crippen LogP contribution is -2.57. The number of carbonyl (C=O) groups excluding carboxylic acids is 1. The molecule has 0 aromatic heterocycles. The summed E-state index contributed by atoms with van der Waals surface area (Å²) in [4.78, 5) is 17.9. The van der Waals surface area contributed by atoms with E-state index in [1.807, 2.05) is 0 Å². The highest BCUT2D eigenvalue weighted by atomic mass is 35.5. The lowest BCUT2D eigenvalue weighted by Gasteiger charge is -2.43. The summed E-state index contributed by atoms with van der Waals surface area (Å²) in [5, 5.41) is 3.34. The molecule has 1 atom stereocenters. The number of methoxy groups -OCH3 is 1. The Hall–Kier alpha value is -0.0700. The Kier molecular flexibility index (Phi) is 10.2. The Morgan fingerprint density at radius 2 is 1.77 bits per heavy atom. The van der Waals surface area contributed by atoms with E-state index in [2.05, 4.69) is 22.0 Å². The predicted octanol–water partition coefficient (Wildman–Crippen LogP) is 2.57. The fourth-order valence-electron chi connectivity index (χ4n) is 4.63. The van der Waals surface area contributed by atoms with Gasteiger partial charge in [0.1, 0.15) is 5.60 Å². The van der Waals surface area contributed by atoms with Gasteiger partial charge in [-0.25, -0.2) is 0 Å². The lowest BCUT2D eigenvalue weighted by molar-refractivity contribution is -0.160. The first-order valence-electron chi connectivity index (χ1n) is 9.90. The molecule has 3 saturated heterocycles. The maximum absolute atomic E-state index is 13.1. The zero-order chi connectivity index (χ0) is 17.0. The number of amides is 1. The van der Waals surface area contributed by atoms with Gasteiger partial charge in [-0.3, -0.25) is 4.79 Å². The number of hydrogen-bond acceptors (Lipinski definition) is 4. The van der Waals surface area contributed by atoms with Gasteiger partial charge >= 0.3 is 0 Å². The highest BCUT2D eigenvalue weighted by Gasteiger charge is 2.43. The summed E-state index contributed by atoms with van der Waals surface area (Å²) in [5.74, 6) is 1.75. The van der Waals surface area contributed by atoms with E-state index in [9.17, 15) is 4.79 Å². The zero-order valence-corrected chi connectivity index (χ0v) is 18.0. The molecule has 1 N–H and O–H groups in total. The first-order valence-corrected chi connectivity index (χ1v) is 9.90. The van der Waals surface area contributed by atoms with Crippen molar-refractivity contribution in [2.24, 2.45) is 11.8 Å². The molecule has 3 aliphatic heterocycles. The van der Waals surface area contributed by atoms with Gasteiger partial charge in [-0.05, 0) is 76.5 Å². The average molecular weight is 410 g/mol. The summed E-state index contributed by atoms with van der Waals surface area (Å²) in [7, 11) is 1.71. The van der Waals surface area contributed by atoms with Crippen LogP contribution in [-0.4, -0.2) is 74.2 Å². The maximum atomic E-state index is 13.1. The molecule has 0 aliphatic carbocycles. The van der Waals surface area contributed by atoms with E-state index in [-0.39, 0.29) is 30.7 Å². The molecule has 7 heteroatoms. The number of nitrogens with one attached hydrogen (secondary N) is 1. The molecule has 3 aliphatic rings. The maximum Gasteiger partial charge on any atom is 0.254 e. The minimum absolute atomic E-state index is 0. The molecule has 0 aromatic carbocycles. The second kappa shape index (κ2) is 11.1. The van der Waals surface area contributed by atoms with E-state index in [4.69, 9.17) is 4.74 Å². The van der Waals surface area contributed by atoms with E-state index in [0.717, 1.165) is 57.9 Å². The first kappa shape index (κ1) is 24.0. The number of ether oxygens (including phenoxy) is 1. The largest absolute Gasteiger partial charge is 0.368 e. The highest BCUT2D eigenvalue weighted by Crippen LogP contribution is 2.28. The van der Waals surface area contributed by atoms with Crippen LogP contribution in [0.15, 0.2) is 0 Å². The number of piperidine rings is 3. The van der Waals surface area contributed by atoms with Crippen LogP contribution in [0.1, 0.15) is 45.4 Å². The molecule has 154 valence electrons. The van der Waals surface area contributed by atoms with Crippen molar-refractivity contribution in [3.8, 4) is 0 Å². The van der Waals surface area contributed by atoms with Crippen molar-refractivity contribution < 1.29 is 9.53 Å². The third-order valence-corrected chi connectivity index (χ3v) is 6.39. The average Bonchev–Trinajstić information content (AvgIpc) is 2.64. The highest BCUT2D eigenvalue weighted by molar-refractivity contribution is 5.86. The topological polar surface area (TPSA) is 44.8 Å². The van der Waals surface area contributed by atoms with Crippen LogP contribution in [-0.2, 0) is 9.53 Å². The minimum Gasteiger partial charge on any atom is -0.368 e. The van der Waals surface area contributed by atoms with Crippen molar-refractivity contribution >= 4 is 30.7 Å². The van der Waals surface area contributed by atoms with Crippen LogP contribution in [0.2, 0.25) is 0 Å². The van der Waals surface area contributed by atoms with Crippen molar-refractivity contribution in [2.45, 2.75) is 51.0 Å². The molecule has 0 radical (unpaired) electrons. The number of hydrogen-bond donors (Lipinski definition) is 1. The SMILES string of the molecule is COC1(C(=O)N2CCCC(CN3CCC(C)CC3)C2)CCNCC1.Cl.Cl. The van der Waals surface area contributed by atoms with Crippen LogP contribution >= 0.6 is 24.8 Å². The molecular weight excluding hydrogens is 373 g/mol. The van der Waals surface area contributed by atoms with Crippen molar-refractivity contribution in [1.29, 1.82) is 0 Å². The van der Waals surface area contributed by atoms with Crippen LogP contribution in [0, 0.1) is 11.8 Å². The summed E-state index contributed by atoms with van der Waals surface area (Å²) in [6.45, 7) is 9.58. The Morgan fingerprint density at radius 1 is 1.12 bits per heavy atom. The van der Waals surface area contributed by atoms with E-state index < -0.39 is 5.60 Å². The van der Waals surface area contributed by atoms with Crippen LogP contribution in [0.3, 0.4) is 0 Å². The van der Waals surface area contributed by atoms with Gasteiger partial charge in [0.15, 0.2) is 0 Å². The molecule has 3 rings (SSSR count). The standard InChI is InChI=1S/C19H35N3O2.2ClH/c1-16-5-12-21(13-6-16)14-17-4-3-11-22(15-17)18(23)19(24-2)7-9-20-10-8-19;;/h16-17,20H,3-15H2,1-2H3;2*1H. The third-order valence-electron chi connectivity index (χ3n) is 6.39. The third kappa shape index (κ3) is 5.71. The molecule has 3 heterocycles. The molecule has 0 spiro atoms. The molecule has 0 saturated carbocycles. The monoisotopic (exact) mass is 409 g/mol. The first-order chi connectivity index (χ1) is 11.6. The molecule has 5 nitrogen and oxygen atoms in total. The molecule has 1 unspecified atom stereocenters. The number of nitrogens with zero attached hydrogens (tertiary/aromatic N) is 2. The smallest absolute Gasteiger partial charge is 0.254 e. The van der Waals surface area contributed by atoms with Crippen molar-refractivity contribution in [1.82, 2.24) is 15.1 Å². The Morgan fingerprint density at radius 3 is 2.38 bits per heavy atom. The van der Waals surface area contributed by atoms with Crippen LogP contribution < -0.4 is 5.32 Å². The van der Waals surface area contributed by atoms with Gasteiger partial charge < -0.3 is 19.9 Å². The second-order valence-corrected chi connectivity index (χ2v) is 8.19. The van der Waals surface area contributed by atoms with E-state index >= 15 is 0 Å². The van der Waals surface area contributed by atoms with Gasteiger partial charge in [0.25, 0.3) is 5.91 Å². The van der Waals surface area contributed by atoms with Crippen molar-refractivity contribution in [3.05, 3.63) is 0 Å². The van der Waals surface area contributed by atoms with Gasteiger partial charge in [-0.15, -0.1) is 24.8 Å².